The first-order valence-corrected chi connectivity index (χ1v) is 6.50. The number of nitrogens with zero attached hydrogens (tertiary/aromatic N) is 1. The number of rotatable bonds is 1. The van der Waals surface area contributed by atoms with Gasteiger partial charge in [-0.05, 0) is 18.4 Å². The molecule has 1 fully saturated rings. The van der Waals surface area contributed by atoms with E-state index in [0.717, 1.165) is 18.7 Å². The van der Waals surface area contributed by atoms with Gasteiger partial charge in [0.05, 0.1) is 16.4 Å². The Morgan fingerprint density at radius 1 is 1.53 bits per heavy atom. The Balaban J connectivity index is 0.00000108. The number of allylic oxidation sites excluding steroid dienone is 3. The second-order valence-corrected chi connectivity index (χ2v) is 5.73. The summed E-state index contributed by atoms with van der Waals surface area (Å²) in [6.45, 7) is 0.768. The van der Waals surface area contributed by atoms with Crippen molar-refractivity contribution >= 4 is 35.8 Å². The van der Waals surface area contributed by atoms with Crippen LogP contribution >= 0.6 is 24.2 Å². The molecule has 17 heavy (non-hydrogen) atoms. The van der Waals surface area contributed by atoms with Gasteiger partial charge in [0, 0.05) is 12.3 Å². The second kappa shape index (κ2) is 4.50. The zero-order valence-corrected chi connectivity index (χ0v) is 10.8. The maximum atomic E-state index is 11.2. The van der Waals surface area contributed by atoms with Crippen LogP contribution in [0.1, 0.15) is 6.42 Å². The standard InChI is InChI=1S/C12H13NO2S.ClH/c14-11(15)8-7-16-12-5-2-1-3-10(12)13-6-4-9(8)12;/h1-3,5,8-9H,4,6-7H2,(H,14,15);1H. The van der Waals surface area contributed by atoms with Crippen molar-refractivity contribution in [1.82, 2.24) is 0 Å². The summed E-state index contributed by atoms with van der Waals surface area (Å²) >= 11 is 1.74. The number of carboxylic acids is 1. The van der Waals surface area contributed by atoms with Gasteiger partial charge in [0.25, 0.3) is 0 Å². The molecule has 1 N–H and O–H groups in total. The minimum Gasteiger partial charge on any atom is -0.481 e. The summed E-state index contributed by atoms with van der Waals surface area (Å²) in [5, 5.41) is 9.24. The van der Waals surface area contributed by atoms with Crippen LogP contribution in [0.2, 0.25) is 0 Å². The quantitative estimate of drug-likeness (QED) is 0.795. The van der Waals surface area contributed by atoms with E-state index in [1.807, 2.05) is 18.2 Å². The first kappa shape index (κ1) is 12.7. The largest absolute Gasteiger partial charge is 0.481 e. The van der Waals surface area contributed by atoms with Crippen molar-refractivity contribution in [1.29, 1.82) is 0 Å². The molecule has 0 saturated carbocycles. The Kier molecular flexibility index (Phi) is 3.36. The van der Waals surface area contributed by atoms with Crippen LogP contribution < -0.4 is 0 Å². The Labute approximate surface area is 110 Å². The Morgan fingerprint density at radius 3 is 3.12 bits per heavy atom. The molecule has 3 atom stereocenters. The predicted octanol–water partition coefficient (Wildman–Crippen LogP) is 2.18. The van der Waals surface area contributed by atoms with Crippen LogP contribution in [-0.4, -0.2) is 33.8 Å². The zero-order chi connectivity index (χ0) is 11.2. The van der Waals surface area contributed by atoms with E-state index in [0.29, 0.717) is 5.75 Å². The monoisotopic (exact) mass is 271 g/mol. The first-order valence-electron chi connectivity index (χ1n) is 5.51. The van der Waals surface area contributed by atoms with Gasteiger partial charge in [-0.15, -0.1) is 24.2 Å². The van der Waals surface area contributed by atoms with Crippen molar-refractivity contribution in [2.75, 3.05) is 12.3 Å². The molecule has 3 unspecified atom stereocenters. The van der Waals surface area contributed by atoms with E-state index in [1.54, 1.807) is 11.8 Å². The third-order valence-electron chi connectivity index (χ3n) is 3.69. The van der Waals surface area contributed by atoms with Gasteiger partial charge in [0.15, 0.2) is 0 Å². The van der Waals surface area contributed by atoms with E-state index >= 15 is 0 Å². The number of aliphatic imine (C=N–C) groups is 1. The van der Waals surface area contributed by atoms with Gasteiger partial charge in [0.2, 0.25) is 0 Å². The molecule has 3 nitrogen and oxygen atoms in total. The molecule has 1 saturated heterocycles. The van der Waals surface area contributed by atoms with Crippen molar-refractivity contribution < 1.29 is 9.90 Å². The molecule has 5 heteroatoms. The highest BCUT2D eigenvalue weighted by molar-refractivity contribution is 8.02. The number of thioether (sulfide) groups is 1. The van der Waals surface area contributed by atoms with Crippen LogP contribution in [0.5, 0.6) is 0 Å². The number of hydrogen-bond donors (Lipinski definition) is 1. The van der Waals surface area contributed by atoms with Crippen molar-refractivity contribution in [2.24, 2.45) is 16.8 Å². The fourth-order valence-corrected chi connectivity index (χ4v) is 4.69. The van der Waals surface area contributed by atoms with Gasteiger partial charge in [-0.25, -0.2) is 0 Å². The summed E-state index contributed by atoms with van der Waals surface area (Å²) in [5.41, 5.74) is 1.07. The van der Waals surface area contributed by atoms with Gasteiger partial charge in [-0.3, -0.25) is 9.79 Å². The zero-order valence-electron chi connectivity index (χ0n) is 9.20. The molecule has 1 spiro atoms. The SMILES string of the molecule is Cl.O=C(O)C1CSC23C=CC=CC2=NCCC13. The van der Waals surface area contributed by atoms with Gasteiger partial charge < -0.3 is 5.11 Å². The summed E-state index contributed by atoms with van der Waals surface area (Å²) in [6.07, 6.45) is 9.08. The molecule has 0 amide bonds. The highest BCUT2D eigenvalue weighted by Gasteiger charge is 2.54. The second-order valence-electron chi connectivity index (χ2n) is 4.43. The number of aliphatic carboxylic acids is 1. The minimum absolute atomic E-state index is 0. The van der Waals surface area contributed by atoms with Crippen molar-refractivity contribution in [3.8, 4) is 0 Å². The third-order valence-corrected chi connectivity index (χ3v) is 5.34. The highest BCUT2D eigenvalue weighted by atomic mass is 35.5. The topological polar surface area (TPSA) is 49.7 Å². The normalized spacial score (nSPS) is 37.8. The fourth-order valence-electron chi connectivity index (χ4n) is 2.91. The van der Waals surface area contributed by atoms with Crippen molar-refractivity contribution in [3.63, 3.8) is 0 Å². The van der Waals surface area contributed by atoms with Crippen LogP contribution in [0.4, 0.5) is 0 Å². The van der Waals surface area contributed by atoms with Crippen LogP contribution in [0.25, 0.3) is 0 Å². The van der Waals surface area contributed by atoms with E-state index in [2.05, 4.69) is 11.1 Å². The molecule has 0 bridgehead atoms. The van der Waals surface area contributed by atoms with Crippen LogP contribution in [0.3, 0.4) is 0 Å². The summed E-state index contributed by atoms with van der Waals surface area (Å²) in [7, 11) is 0. The Morgan fingerprint density at radius 2 is 2.35 bits per heavy atom. The smallest absolute Gasteiger partial charge is 0.307 e. The molecule has 92 valence electrons. The van der Waals surface area contributed by atoms with Crippen molar-refractivity contribution in [2.45, 2.75) is 11.2 Å². The average molecular weight is 272 g/mol. The molecular weight excluding hydrogens is 258 g/mol. The Hall–Kier alpha value is -0.740. The number of halogens is 1. The summed E-state index contributed by atoms with van der Waals surface area (Å²) in [5.74, 6) is 0.0472. The van der Waals surface area contributed by atoms with Gasteiger partial charge in [-0.2, -0.15) is 0 Å². The van der Waals surface area contributed by atoms with Crippen LogP contribution in [-0.2, 0) is 4.79 Å². The van der Waals surface area contributed by atoms with Crippen LogP contribution in [0.15, 0.2) is 29.3 Å². The average Bonchev–Trinajstić information content (AvgIpc) is 2.66. The molecule has 3 rings (SSSR count). The van der Waals surface area contributed by atoms with Crippen molar-refractivity contribution in [3.05, 3.63) is 24.3 Å². The highest BCUT2D eigenvalue weighted by Crippen LogP contribution is 2.52. The van der Waals surface area contributed by atoms with Gasteiger partial charge in [-0.1, -0.05) is 18.2 Å². The Bertz CT molecular complexity index is 432. The van der Waals surface area contributed by atoms with Crippen LogP contribution in [0, 0.1) is 11.8 Å². The maximum Gasteiger partial charge on any atom is 0.307 e. The summed E-state index contributed by atoms with van der Waals surface area (Å²) < 4.78 is -0.143. The van der Waals surface area contributed by atoms with Gasteiger partial charge in [0.1, 0.15) is 0 Å². The first-order chi connectivity index (χ1) is 7.74. The number of carbonyl (C=O) groups is 1. The minimum atomic E-state index is -0.654. The van der Waals surface area contributed by atoms with E-state index in [1.165, 1.54) is 0 Å². The fraction of sp³-hybridized carbons (Fsp3) is 0.500. The van der Waals surface area contributed by atoms with E-state index in [9.17, 15) is 9.90 Å². The summed E-state index contributed by atoms with van der Waals surface area (Å²) in [6, 6.07) is 0. The van der Waals surface area contributed by atoms with Gasteiger partial charge >= 0.3 is 5.97 Å². The van der Waals surface area contributed by atoms with E-state index in [-0.39, 0.29) is 29.0 Å². The molecule has 3 aliphatic rings. The molecule has 0 aromatic heterocycles. The molecular formula is C12H14ClNO2S. The molecule has 2 heterocycles. The third kappa shape index (κ3) is 1.74. The molecule has 0 aromatic carbocycles. The predicted molar refractivity (Wildman–Crippen MR) is 72.3 cm³/mol. The number of carboxylic acid groups (broad SMARTS) is 1. The molecule has 0 radical (unpaired) electrons. The molecule has 0 aromatic rings. The molecule has 2 aliphatic heterocycles. The lowest BCUT2D eigenvalue weighted by atomic mass is 9.74. The van der Waals surface area contributed by atoms with E-state index in [4.69, 9.17) is 0 Å². The molecule has 1 aliphatic carbocycles. The maximum absolute atomic E-state index is 11.2. The number of hydrogen-bond acceptors (Lipinski definition) is 3. The summed E-state index contributed by atoms with van der Waals surface area (Å²) in [4.78, 5) is 15.8. The lowest BCUT2D eigenvalue weighted by Crippen LogP contribution is -2.44. The lowest BCUT2D eigenvalue weighted by Gasteiger charge is -2.37. The van der Waals surface area contributed by atoms with E-state index < -0.39 is 5.97 Å². The lowest BCUT2D eigenvalue weighted by molar-refractivity contribution is -0.142.